The molecule has 0 bridgehead atoms. The smallest absolute Gasteiger partial charge is 0.273 e. The van der Waals surface area contributed by atoms with Gasteiger partial charge in [-0.25, -0.2) is 4.98 Å². The predicted octanol–water partition coefficient (Wildman–Crippen LogP) is 2.61. The van der Waals surface area contributed by atoms with Crippen molar-refractivity contribution in [3.63, 3.8) is 0 Å². The first-order valence-electron chi connectivity index (χ1n) is 7.64. The minimum absolute atomic E-state index is 0.144. The highest BCUT2D eigenvalue weighted by Gasteiger charge is 2.18. The summed E-state index contributed by atoms with van der Waals surface area (Å²) in [5.41, 5.74) is 1.84. The topological polar surface area (TPSA) is 66.1 Å². The second kappa shape index (κ2) is 7.37. The molecule has 2 aromatic carbocycles. The minimum atomic E-state index is -0.340. The van der Waals surface area contributed by atoms with E-state index >= 15 is 0 Å². The molecule has 120 valence electrons. The Hall–Kier alpha value is -3.21. The fraction of sp³-hybridized carbons (Fsp3) is 0.105. The van der Waals surface area contributed by atoms with Crippen molar-refractivity contribution in [1.29, 1.82) is 0 Å². The molecule has 1 aromatic heterocycles. The highest BCUT2D eigenvalue weighted by Crippen LogP contribution is 2.12. The van der Waals surface area contributed by atoms with Crippen LogP contribution in [0.1, 0.15) is 21.6 Å². The Morgan fingerprint density at radius 2 is 1.46 bits per heavy atom. The molecule has 0 radical (unpaired) electrons. The van der Waals surface area contributed by atoms with E-state index in [1.807, 2.05) is 60.7 Å². The zero-order valence-electron chi connectivity index (χ0n) is 13.1. The average molecular weight is 319 g/mol. The number of carbonyl (C=O) groups is 1. The van der Waals surface area contributed by atoms with Gasteiger partial charge in [0.1, 0.15) is 5.69 Å². The van der Waals surface area contributed by atoms with Gasteiger partial charge in [0.2, 0.25) is 0 Å². The molecule has 0 spiro atoms. The van der Waals surface area contributed by atoms with Crippen molar-refractivity contribution in [1.82, 2.24) is 14.9 Å². The Morgan fingerprint density at radius 3 is 1.96 bits per heavy atom. The molecule has 1 N–H and O–H groups in total. The van der Waals surface area contributed by atoms with Crippen LogP contribution in [0.5, 0.6) is 0 Å². The summed E-state index contributed by atoms with van der Waals surface area (Å²) < 4.78 is 0. The number of carbonyl (C=O) groups excluding carboxylic acids is 1. The quantitative estimate of drug-likeness (QED) is 0.786. The molecule has 0 aliphatic rings. The lowest BCUT2D eigenvalue weighted by Crippen LogP contribution is -2.31. The lowest BCUT2D eigenvalue weighted by Gasteiger charge is -2.22. The molecular weight excluding hydrogens is 302 g/mol. The summed E-state index contributed by atoms with van der Waals surface area (Å²) in [6.45, 7) is 0.895. The predicted molar refractivity (Wildman–Crippen MR) is 91.3 cm³/mol. The normalized spacial score (nSPS) is 10.3. The first-order valence-corrected chi connectivity index (χ1v) is 7.64. The molecule has 3 rings (SSSR count). The SMILES string of the molecule is O=C(c1cc(=O)[nH]cn1)N(Cc1ccccc1)Cc1ccccc1. The second-order valence-corrected chi connectivity index (χ2v) is 5.43. The van der Waals surface area contributed by atoms with Crippen LogP contribution >= 0.6 is 0 Å². The van der Waals surface area contributed by atoms with Crippen molar-refractivity contribution in [3.05, 3.63) is 100 Å². The number of hydrogen-bond donors (Lipinski definition) is 1. The van der Waals surface area contributed by atoms with Gasteiger partial charge in [0.25, 0.3) is 11.5 Å². The van der Waals surface area contributed by atoms with Crippen LogP contribution in [0.4, 0.5) is 0 Å². The Kier molecular flexibility index (Phi) is 4.81. The molecule has 5 heteroatoms. The summed E-state index contributed by atoms with van der Waals surface area (Å²) in [7, 11) is 0. The zero-order valence-corrected chi connectivity index (χ0v) is 13.1. The third-order valence-electron chi connectivity index (χ3n) is 3.62. The van der Waals surface area contributed by atoms with Gasteiger partial charge in [-0.2, -0.15) is 0 Å². The number of nitrogens with zero attached hydrogens (tertiary/aromatic N) is 2. The van der Waals surface area contributed by atoms with Crippen molar-refractivity contribution < 1.29 is 4.79 Å². The molecule has 0 saturated carbocycles. The van der Waals surface area contributed by atoms with E-state index in [1.165, 1.54) is 12.4 Å². The van der Waals surface area contributed by atoms with E-state index in [0.717, 1.165) is 11.1 Å². The highest BCUT2D eigenvalue weighted by atomic mass is 16.2. The Bertz CT molecular complexity index is 819. The van der Waals surface area contributed by atoms with Crippen LogP contribution in [0.15, 0.2) is 77.9 Å². The van der Waals surface area contributed by atoms with Gasteiger partial charge >= 0.3 is 0 Å². The summed E-state index contributed by atoms with van der Waals surface area (Å²) in [5.74, 6) is -0.270. The van der Waals surface area contributed by atoms with E-state index in [9.17, 15) is 9.59 Å². The number of aromatic nitrogens is 2. The molecule has 0 aliphatic carbocycles. The van der Waals surface area contributed by atoms with Gasteiger partial charge in [-0.05, 0) is 11.1 Å². The van der Waals surface area contributed by atoms with Gasteiger partial charge in [-0.3, -0.25) is 9.59 Å². The fourth-order valence-corrected chi connectivity index (χ4v) is 2.45. The minimum Gasteiger partial charge on any atom is -0.329 e. The Balaban J connectivity index is 1.88. The number of rotatable bonds is 5. The summed E-state index contributed by atoms with van der Waals surface area (Å²) in [5, 5.41) is 0. The molecule has 0 aliphatic heterocycles. The number of aromatic amines is 1. The molecule has 0 saturated heterocycles. The lowest BCUT2D eigenvalue weighted by molar-refractivity contribution is 0.0723. The third-order valence-corrected chi connectivity index (χ3v) is 3.62. The Labute approximate surface area is 139 Å². The maximum Gasteiger partial charge on any atom is 0.273 e. The third kappa shape index (κ3) is 3.95. The van der Waals surface area contributed by atoms with Gasteiger partial charge in [-0.15, -0.1) is 0 Å². The first-order chi connectivity index (χ1) is 11.7. The summed E-state index contributed by atoms with van der Waals surface area (Å²) in [6.07, 6.45) is 1.25. The highest BCUT2D eigenvalue weighted by molar-refractivity contribution is 5.92. The number of hydrogen-bond acceptors (Lipinski definition) is 3. The van der Waals surface area contributed by atoms with Crippen LogP contribution in [0.3, 0.4) is 0 Å². The summed E-state index contributed by atoms with van der Waals surface area (Å²) in [6, 6.07) is 20.7. The first kappa shape index (κ1) is 15.7. The van der Waals surface area contributed by atoms with Crippen molar-refractivity contribution >= 4 is 5.91 Å². The van der Waals surface area contributed by atoms with E-state index in [-0.39, 0.29) is 17.2 Å². The molecule has 1 heterocycles. The van der Waals surface area contributed by atoms with Crippen molar-refractivity contribution in [2.75, 3.05) is 0 Å². The molecule has 0 fully saturated rings. The van der Waals surface area contributed by atoms with E-state index in [4.69, 9.17) is 0 Å². The molecule has 0 unspecified atom stereocenters. The van der Waals surface area contributed by atoms with Crippen LogP contribution in [-0.2, 0) is 13.1 Å². The van der Waals surface area contributed by atoms with Crippen LogP contribution in [0.25, 0.3) is 0 Å². The molecule has 3 aromatic rings. The standard InChI is InChI=1S/C19H17N3O2/c23-18-11-17(20-14-21-18)19(24)22(12-15-7-3-1-4-8-15)13-16-9-5-2-6-10-16/h1-11,14H,12-13H2,(H,20,21,23). The number of nitrogens with one attached hydrogen (secondary N) is 1. The van der Waals surface area contributed by atoms with Crippen molar-refractivity contribution in [3.8, 4) is 0 Å². The average Bonchev–Trinajstić information content (AvgIpc) is 2.62. The zero-order chi connectivity index (χ0) is 16.8. The van der Waals surface area contributed by atoms with Gasteiger partial charge < -0.3 is 9.88 Å². The van der Waals surface area contributed by atoms with E-state index in [0.29, 0.717) is 13.1 Å². The van der Waals surface area contributed by atoms with Crippen LogP contribution in [0.2, 0.25) is 0 Å². The lowest BCUT2D eigenvalue weighted by atomic mass is 10.1. The van der Waals surface area contributed by atoms with E-state index in [2.05, 4.69) is 9.97 Å². The molecular formula is C19H17N3O2. The maximum absolute atomic E-state index is 12.8. The van der Waals surface area contributed by atoms with E-state index < -0.39 is 0 Å². The Morgan fingerprint density at radius 1 is 0.917 bits per heavy atom. The largest absolute Gasteiger partial charge is 0.329 e. The number of H-pyrrole nitrogens is 1. The van der Waals surface area contributed by atoms with Crippen LogP contribution in [-0.4, -0.2) is 20.8 Å². The molecule has 1 amide bonds. The second-order valence-electron chi connectivity index (χ2n) is 5.43. The monoisotopic (exact) mass is 319 g/mol. The molecule has 5 nitrogen and oxygen atoms in total. The van der Waals surface area contributed by atoms with Crippen LogP contribution < -0.4 is 5.56 Å². The van der Waals surface area contributed by atoms with Gasteiger partial charge in [0, 0.05) is 19.2 Å². The summed E-state index contributed by atoms with van der Waals surface area (Å²) >= 11 is 0. The maximum atomic E-state index is 12.8. The summed E-state index contributed by atoms with van der Waals surface area (Å²) in [4.78, 5) is 32.4. The molecule has 24 heavy (non-hydrogen) atoms. The van der Waals surface area contributed by atoms with Gasteiger partial charge in [-0.1, -0.05) is 60.7 Å². The number of benzene rings is 2. The number of amides is 1. The van der Waals surface area contributed by atoms with Crippen molar-refractivity contribution in [2.45, 2.75) is 13.1 Å². The fourth-order valence-electron chi connectivity index (χ4n) is 2.45. The van der Waals surface area contributed by atoms with Gasteiger partial charge in [0.05, 0.1) is 6.33 Å². The van der Waals surface area contributed by atoms with Gasteiger partial charge in [0.15, 0.2) is 0 Å². The molecule has 0 atom stereocenters. The van der Waals surface area contributed by atoms with E-state index in [1.54, 1.807) is 4.90 Å². The van der Waals surface area contributed by atoms with Crippen LogP contribution in [0, 0.1) is 0 Å². The van der Waals surface area contributed by atoms with Crippen molar-refractivity contribution in [2.24, 2.45) is 0 Å².